The molecule has 1 aromatic carbocycles. The molecule has 0 atom stereocenters. The van der Waals surface area contributed by atoms with Crippen molar-refractivity contribution in [1.29, 1.82) is 0 Å². The standard InChI is InChI=1S/C20H20BrClN6O2/c21-18-16(4-3-15-19(18)25-26-28(15)9-12-1-2-12)30-20-13(7-14(22)8-24-20)10-27-6-5-23-17(29)11-27/h3-4,7-8,12H,1-2,5-6,9-11H2,(H,23,29). The smallest absolute Gasteiger partial charge is 0.234 e. The van der Waals surface area contributed by atoms with E-state index in [-0.39, 0.29) is 5.91 Å². The van der Waals surface area contributed by atoms with Gasteiger partial charge >= 0.3 is 0 Å². The van der Waals surface area contributed by atoms with Gasteiger partial charge < -0.3 is 10.1 Å². The Morgan fingerprint density at radius 2 is 2.20 bits per heavy atom. The zero-order valence-corrected chi connectivity index (χ0v) is 18.5. The predicted molar refractivity (Wildman–Crippen MR) is 116 cm³/mol. The lowest BCUT2D eigenvalue weighted by Gasteiger charge is -2.26. The third-order valence-electron chi connectivity index (χ3n) is 5.33. The molecule has 30 heavy (non-hydrogen) atoms. The molecule has 1 aliphatic heterocycles. The molecule has 10 heteroatoms. The summed E-state index contributed by atoms with van der Waals surface area (Å²) in [6.07, 6.45) is 4.07. The summed E-state index contributed by atoms with van der Waals surface area (Å²) in [5.74, 6) is 1.78. The Morgan fingerprint density at radius 1 is 1.33 bits per heavy atom. The quantitative estimate of drug-likeness (QED) is 0.569. The van der Waals surface area contributed by atoms with Crippen molar-refractivity contribution < 1.29 is 9.53 Å². The molecular weight excluding hydrogens is 472 g/mol. The zero-order valence-electron chi connectivity index (χ0n) is 16.1. The number of pyridine rings is 1. The molecule has 0 spiro atoms. The molecule has 1 aliphatic carbocycles. The van der Waals surface area contributed by atoms with Gasteiger partial charge in [0.05, 0.1) is 21.6 Å². The van der Waals surface area contributed by atoms with Crippen molar-refractivity contribution >= 4 is 44.5 Å². The zero-order chi connectivity index (χ0) is 20.7. The van der Waals surface area contributed by atoms with E-state index in [1.54, 1.807) is 6.20 Å². The number of amides is 1. The number of halogens is 2. The second-order valence-corrected chi connectivity index (χ2v) is 8.97. The van der Waals surface area contributed by atoms with E-state index in [2.05, 4.69) is 36.5 Å². The van der Waals surface area contributed by atoms with Gasteiger partial charge in [-0.05, 0) is 52.9 Å². The fraction of sp³-hybridized carbons (Fsp3) is 0.400. The second-order valence-electron chi connectivity index (χ2n) is 7.74. The molecule has 5 rings (SSSR count). The Kier molecular flexibility index (Phi) is 5.34. The molecule has 1 saturated carbocycles. The SMILES string of the molecule is O=C1CN(Cc2cc(Cl)cnc2Oc2ccc3c(nnn3CC3CC3)c2Br)CCN1. The van der Waals surface area contributed by atoms with Crippen LogP contribution < -0.4 is 10.1 Å². The van der Waals surface area contributed by atoms with Crippen LogP contribution in [0.4, 0.5) is 0 Å². The number of ether oxygens (including phenoxy) is 1. The third-order valence-corrected chi connectivity index (χ3v) is 6.30. The summed E-state index contributed by atoms with van der Waals surface area (Å²) < 4.78 is 8.84. The minimum Gasteiger partial charge on any atom is -0.437 e. The lowest BCUT2D eigenvalue weighted by molar-refractivity contribution is -0.124. The maximum absolute atomic E-state index is 11.7. The van der Waals surface area contributed by atoms with Gasteiger partial charge in [0.2, 0.25) is 11.8 Å². The van der Waals surface area contributed by atoms with Gasteiger partial charge in [-0.15, -0.1) is 5.10 Å². The van der Waals surface area contributed by atoms with E-state index in [9.17, 15) is 4.79 Å². The van der Waals surface area contributed by atoms with Gasteiger partial charge in [-0.1, -0.05) is 16.8 Å². The first-order valence-electron chi connectivity index (χ1n) is 9.90. The molecule has 3 aromatic rings. The molecule has 2 aromatic heterocycles. The summed E-state index contributed by atoms with van der Waals surface area (Å²) in [5, 5.41) is 12.0. The van der Waals surface area contributed by atoms with Crippen molar-refractivity contribution in [2.24, 2.45) is 5.92 Å². The number of hydrogen-bond donors (Lipinski definition) is 1. The topological polar surface area (TPSA) is 85.2 Å². The van der Waals surface area contributed by atoms with Gasteiger partial charge in [-0.2, -0.15) is 0 Å². The molecule has 2 aliphatic rings. The lowest BCUT2D eigenvalue weighted by atomic mass is 10.2. The number of nitrogens with zero attached hydrogens (tertiary/aromatic N) is 5. The number of nitrogens with one attached hydrogen (secondary N) is 1. The molecule has 1 amide bonds. The summed E-state index contributed by atoms with van der Waals surface area (Å²) in [5.41, 5.74) is 2.56. The minimum absolute atomic E-state index is 0.0150. The maximum atomic E-state index is 11.7. The van der Waals surface area contributed by atoms with E-state index in [1.807, 2.05) is 27.8 Å². The first-order chi connectivity index (χ1) is 14.6. The molecule has 8 nitrogen and oxygen atoms in total. The fourth-order valence-corrected chi connectivity index (χ4v) is 4.27. The Labute approximate surface area is 186 Å². The molecule has 3 heterocycles. The van der Waals surface area contributed by atoms with Crippen LogP contribution in [0.15, 0.2) is 28.9 Å². The average Bonchev–Trinajstić information content (AvgIpc) is 3.44. The number of aromatic nitrogens is 4. The van der Waals surface area contributed by atoms with Gasteiger partial charge in [-0.3, -0.25) is 9.69 Å². The van der Waals surface area contributed by atoms with Crippen LogP contribution in [0.2, 0.25) is 5.02 Å². The van der Waals surface area contributed by atoms with Crippen LogP contribution in [-0.4, -0.2) is 50.4 Å². The summed E-state index contributed by atoms with van der Waals surface area (Å²) in [4.78, 5) is 18.1. The Balaban J connectivity index is 1.41. The highest BCUT2D eigenvalue weighted by molar-refractivity contribution is 9.10. The van der Waals surface area contributed by atoms with E-state index >= 15 is 0 Å². The van der Waals surface area contributed by atoms with E-state index in [4.69, 9.17) is 16.3 Å². The van der Waals surface area contributed by atoms with Gasteiger partial charge in [0.1, 0.15) is 11.3 Å². The van der Waals surface area contributed by atoms with Gasteiger partial charge in [-0.25, -0.2) is 9.67 Å². The first kappa shape index (κ1) is 19.7. The highest BCUT2D eigenvalue weighted by Gasteiger charge is 2.24. The highest BCUT2D eigenvalue weighted by Crippen LogP contribution is 2.37. The van der Waals surface area contributed by atoms with Crippen molar-refractivity contribution in [2.45, 2.75) is 25.9 Å². The van der Waals surface area contributed by atoms with Crippen molar-refractivity contribution in [1.82, 2.24) is 30.2 Å². The van der Waals surface area contributed by atoms with Crippen molar-refractivity contribution in [3.63, 3.8) is 0 Å². The largest absolute Gasteiger partial charge is 0.437 e. The molecule has 0 bridgehead atoms. The van der Waals surface area contributed by atoms with Crippen LogP contribution in [0.25, 0.3) is 11.0 Å². The van der Waals surface area contributed by atoms with E-state index in [0.717, 1.165) is 34.2 Å². The van der Waals surface area contributed by atoms with Gasteiger partial charge in [0.15, 0.2) is 0 Å². The van der Waals surface area contributed by atoms with Gasteiger partial charge in [0.25, 0.3) is 0 Å². The number of fused-ring (bicyclic) bond motifs is 1. The van der Waals surface area contributed by atoms with Crippen molar-refractivity contribution in [3.05, 3.63) is 39.5 Å². The van der Waals surface area contributed by atoms with Crippen LogP contribution in [-0.2, 0) is 17.9 Å². The van der Waals surface area contributed by atoms with E-state index in [0.29, 0.717) is 42.2 Å². The summed E-state index contributed by atoms with van der Waals surface area (Å²) in [6, 6.07) is 5.70. The molecule has 0 radical (unpaired) electrons. The maximum Gasteiger partial charge on any atom is 0.234 e. The van der Waals surface area contributed by atoms with Crippen LogP contribution in [0.1, 0.15) is 18.4 Å². The monoisotopic (exact) mass is 490 g/mol. The van der Waals surface area contributed by atoms with Crippen LogP contribution in [0.5, 0.6) is 11.6 Å². The molecule has 2 fully saturated rings. The number of rotatable bonds is 6. The normalized spacial score (nSPS) is 17.3. The highest BCUT2D eigenvalue weighted by atomic mass is 79.9. The minimum atomic E-state index is 0.0150. The fourth-order valence-electron chi connectivity index (χ4n) is 3.59. The molecular formula is C20H20BrClN6O2. The predicted octanol–water partition coefficient (Wildman–Crippen LogP) is 3.38. The van der Waals surface area contributed by atoms with Gasteiger partial charge in [0, 0.05) is 37.9 Å². The van der Waals surface area contributed by atoms with Crippen LogP contribution >= 0.6 is 27.5 Å². The Hall–Kier alpha value is -2.23. The lowest BCUT2D eigenvalue weighted by Crippen LogP contribution is -2.47. The Bertz CT molecular complexity index is 1120. The molecule has 1 saturated heterocycles. The van der Waals surface area contributed by atoms with E-state index < -0.39 is 0 Å². The van der Waals surface area contributed by atoms with Crippen molar-refractivity contribution in [3.8, 4) is 11.6 Å². The third kappa shape index (κ3) is 4.14. The van der Waals surface area contributed by atoms with Crippen LogP contribution in [0.3, 0.4) is 0 Å². The number of hydrogen-bond acceptors (Lipinski definition) is 6. The second kappa shape index (κ2) is 8.13. The molecule has 1 N–H and O–H groups in total. The number of benzene rings is 1. The summed E-state index contributed by atoms with van der Waals surface area (Å²) in [7, 11) is 0. The summed E-state index contributed by atoms with van der Waals surface area (Å²) in [6.45, 7) is 3.15. The number of piperazine rings is 1. The summed E-state index contributed by atoms with van der Waals surface area (Å²) >= 11 is 9.80. The van der Waals surface area contributed by atoms with E-state index in [1.165, 1.54) is 12.8 Å². The average molecular weight is 492 g/mol. The first-order valence-corrected chi connectivity index (χ1v) is 11.1. The molecule has 0 unspecified atom stereocenters. The van der Waals surface area contributed by atoms with Crippen molar-refractivity contribution in [2.75, 3.05) is 19.6 Å². The molecule has 156 valence electrons. The van der Waals surface area contributed by atoms with Crippen LogP contribution in [0, 0.1) is 5.92 Å². The number of carbonyl (C=O) groups excluding carboxylic acids is 1. The Morgan fingerprint density at radius 3 is 3.00 bits per heavy atom. The number of carbonyl (C=O) groups is 1.